The highest BCUT2D eigenvalue weighted by molar-refractivity contribution is 4.87. The highest BCUT2D eigenvalue weighted by Crippen LogP contribution is 2.22. The summed E-state index contributed by atoms with van der Waals surface area (Å²) in [5.41, 5.74) is 5.48. The molecule has 3 heteroatoms. The summed E-state index contributed by atoms with van der Waals surface area (Å²) in [6.07, 6.45) is 1.01. The van der Waals surface area contributed by atoms with Gasteiger partial charge in [-0.15, -0.1) is 0 Å². The fourth-order valence-corrected chi connectivity index (χ4v) is 1.17. The third-order valence-corrected chi connectivity index (χ3v) is 2.10. The minimum Gasteiger partial charge on any atom is -0.396 e. The maximum atomic E-state index is 8.90. The van der Waals surface area contributed by atoms with Crippen molar-refractivity contribution in [3.8, 4) is 0 Å². The number of rotatable bonds is 2. The molecule has 0 radical (unpaired) electrons. The van der Waals surface area contributed by atoms with Gasteiger partial charge in [0.15, 0.2) is 0 Å². The van der Waals surface area contributed by atoms with Gasteiger partial charge >= 0.3 is 0 Å². The van der Waals surface area contributed by atoms with E-state index >= 15 is 0 Å². The molecule has 0 bridgehead atoms. The number of nitrogens with two attached hydrogens (primary N) is 1. The first-order chi connectivity index (χ1) is 4.33. The lowest BCUT2D eigenvalue weighted by Crippen LogP contribution is -2.36. The van der Waals surface area contributed by atoms with E-state index in [0.717, 1.165) is 19.5 Å². The molecule has 1 aliphatic heterocycles. The summed E-state index contributed by atoms with van der Waals surface area (Å²) in [5.74, 6) is 0. The average Bonchev–Trinajstić information content (AvgIpc) is 2.36. The van der Waals surface area contributed by atoms with Crippen LogP contribution in [0.15, 0.2) is 0 Å². The van der Waals surface area contributed by atoms with Crippen molar-refractivity contribution in [2.75, 3.05) is 26.2 Å². The van der Waals surface area contributed by atoms with E-state index in [1.807, 2.05) is 0 Å². The van der Waals surface area contributed by atoms with Crippen LogP contribution in [0.4, 0.5) is 0 Å². The molecule has 1 rings (SSSR count). The molecule has 1 heterocycles. The Morgan fingerprint density at radius 1 is 1.67 bits per heavy atom. The lowest BCUT2D eigenvalue weighted by atomic mass is 9.89. The van der Waals surface area contributed by atoms with Gasteiger partial charge < -0.3 is 16.2 Å². The van der Waals surface area contributed by atoms with Crippen LogP contribution >= 0.6 is 0 Å². The van der Waals surface area contributed by atoms with Crippen molar-refractivity contribution in [2.45, 2.75) is 6.42 Å². The van der Waals surface area contributed by atoms with E-state index in [-0.39, 0.29) is 12.0 Å². The zero-order valence-corrected chi connectivity index (χ0v) is 5.56. The molecule has 1 aliphatic rings. The Morgan fingerprint density at radius 3 is 2.67 bits per heavy atom. The molecule has 0 saturated carbocycles. The molecule has 9 heavy (non-hydrogen) atoms. The van der Waals surface area contributed by atoms with Gasteiger partial charge in [0.1, 0.15) is 0 Å². The maximum Gasteiger partial charge on any atom is 0.0512 e. The molecule has 3 nitrogen and oxygen atoms in total. The van der Waals surface area contributed by atoms with E-state index < -0.39 is 0 Å². The van der Waals surface area contributed by atoms with Crippen molar-refractivity contribution in [1.82, 2.24) is 5.32 Å². The van der Waals surface area contributed by atoms with Gasteiger partial charge in [-0.05, 0) is 13.0 Å². The van der Waals surface area contributed by atoms with Crippen LogP contribution in [-0.4, -0.2) is 31.3 Å². The normalized spacial score (nSPS) is 35.3. The Balaban J connectivity index is 2.45. The predicted molar refractivity (Wildman–Crippen MR) is 36.1 cm³/mol. The molecule has 1 saturated heterocycles. The van der Waals surface area contributed by atoms with Crippen LogP contribution < -0.4 is 11.1 Å². The van der Waals surface area contributed by atoms with E-state index in [0.29, 0.717) is 6.54 Å². The van der Waals surface area contributed by atoms with Crippen LogP contribution in [0.2, 0.25) is 0 Å². The second-order valence-electron chi connectivity index (χ2n) is 2.79. The van der Waals surface area contributed by atoms with Crippen molar-refractivity contribution < 1.29 is 5.11 Å². The standard InChI is InChI=1S/C6H14N2O/c7-3-6(5-9)1-2-8-4-6/h8-9H,1-5,7H2/t6-/m1/s1. The van der Waals surface area contributed by atoms with Crippen molar-refractivity contribution in [1.29, 1.82) is 0 Å². The highest BCUT2D eigenvalue weighted by Gasteiger charge is 2.31. The Hall–Kier alpha value is -0.120. The number of nitrogens with one attached hydrogen (secondary N) is 1. The molecule has 0 spiro atoms. The summed E-state index contributed by atoms with van der Waals surface area (Å²) in [6, 6.07) is 0. The van der Waals surface area contributed by atoms with Crippen molar-refractivity contribution in [3.05, 3.63) is 0 Å². The van der Waals surface area contributed by atoms with E-state index in [9.17, 15) is 0 Å². The first-order valence-electron chi connectivity index (χ1n) is 3.35. The second kappa shape index (κ2) is 2.64. The zero-order chi connectivity index (χ0) is 6.74. The third kappa shape index (κ3) is 1.23. The predicted octanol–water partition coefficient (Wildman–Crippen LogP) is -1.08. The van der Waals surface area contributed by atoms with Gasteiger partial charge in [-0.2, -0.15) is 0 Å². The molecule has 0 aromatic carbocycles. The smallest absolute Gasteiger partial charge is 0.0512 e. The van der Waals surface area contributed by atoms with Gasteiger partial charge in [0.2, 0.25) is 0 Å². The molecule has 0 aromatic rings. The SMILES string of the molecule is NC[C@]1(CO)CCNC1. The quantitative estimate of drug-likeness (QED) is 0.445. The summed E-state index contributed by atoms with van der Waals surface area (Å²) >= 11 is 0. The van der Waals surface area contributed by atoms with E-state index in [1.54, 1.807) is 0 Å². The Morgan fingerprint density at radius 2 is 2.44 bits per heavy atom. The summed E-state index contributed by atoms with van der Waals surface area (Å²) < 4.78 is 0. The summed E-state index contributed by atoms with van der Waals surface area (Å²) in [4.78, 5) is 0. The molecule has 0 aromatic heterocycles. The molecular weight excluding hydrogens is 116 g/mol. The lowest BCUT2D eigenvalue weighted by molar-refractivity contribution is 0.150. The van der Waals surface area contributed by atoms with Gasteiger partial charge in [-0.25, -0.2) is 0 Å². The summed E-state index contributed by atoms with van der Waals surface area (Å²) in [5, 5.41) is 12.1. The maximum absolute atomic E-state index is 8.90. The van der Waals surface area contributed by atoms with Crippen LogP contribution in [0.25, 0.3) is 0 Å². The minimum atomic E-state index is 0. The van der Waals surface area contributed by atoms with Crippen molar-refractivity contribution in [3.63, 3.8) is 0 Å². The van der Waals surface area contributed by atoms with Gasteiger partial charge in [0.05, 0.1) is 6.61 Å². The van der Waals surface area contributed by atoms with Gasteiger partial charge in [0, 0.05) is 18.5 Å². The fourth-order valence-electron chi connectivity index (χ4n) is 1.17. The van der Waals surface area contributed by atoms with Crippen LogP contribution in [0, 0.1) is 5.41 Å². The average molecular weight is 130 g/mol. The number of hydrogen-bond acceptors (Lipinski definition) is 3. The second-order valence-corrected chi connectivity index (χ2v) is 2.79. The number of aliphatic hydroxyl groups is 1. The molecule has 54 valence electrons. The van der Waals surface area contributed by atoms with Crippen LogP contribution in [0.1, 0.15) is 6.42 Å². The van der Waals surface area contributed by atoms with Gasteiger partial charge in [0.25, 0.3) is 0 Å². The van der Waals surface area contributed by atoms with Crippen LogP contribution in [-0.2, 0) is 0 Å². The van der Waals surface area contributed by atoms with Gasteiger partial charge in [-0.1, -0.05) is 0 Å². The van der Waals surface area contributed by atoms with Gasteiger partial charge in [-0.3, -0.25) is 0 Å². The molecule has 1 atom stereocenters. The lowest BCUT2D eigenvalue weighted by Gasteiger charge is -2.22. The molecule has 0 amide bonds. The fraction of sp³-hybridized carbons (Fsp3) is 1.00. The van der Waals surface area contributed by atoms with E-state index in [1.165, 1.54) is 0 Å². The topological polar surface area (TPSA) is 58.3 Å². The van der Waals surface area contributed by atoms with Crippen LogP contribution in [0.5, 0.6) is 0 Å². The molecule has 4 N–H and O–H groups in total. The zero-order valence-electron chi connectivity index (χ0n) is 5.56. The van der Waals surface area contributed by atoms with E-state index in [4.69, 9.17) is 10.8 Å². The first kappa shape index (κ1) is 6.99. The first-order valence-corrected chi connectivity index (χ1v) is 3.35. The number of aliphatic hydroxyl groups excluding tert-OH is 1. The number of hydrogen-bond donors (Lipinski definition) is 3. The van der Waals surface area contributed by atoms with Crippen molar-refractivity contribution >= 4 is 0 Å². The Labute approximate surface area is 55.2 Å². The molecule has 0 unspecified atom stereocenters. The summed E-state index contributed by atoms with van der Waals surface area (Å²) in [6.45, 7) is 2.69. The molecule has 0 aliphatic carbocycles. The Kier molecular flexibility index (Phi) is 2.05. The monoisotopic (exact) mass is 130 g/mol. The highest BCUT2D eigenvalue weighted by atomic mass is 16.3. The van der Waals surface area contributed by atoms with Crippen LogP contribution in [0.3, 0.4) is 0 Å². The Bertz CT molecular complexity index is 83.1. The largest absolute Gasteiger partial charge is 0.396 e. The molecular formula is C6H14N2O. The summed E-state index contributed by atoms with van der Waals surface area (Å²) in [7, 11) is 0. The van der Waals surface area contributed by atoms with E-state index in [2.05, 4.69) is 5.32 Å². The molecule has 1 fully saturated rings. The third-order valence-electron chi connectivity index (χ3n) is 2.10. The minimum absolute atomic E-state index is 0. The van der Waals surface area contributed by atoms with Crippen molar-refractivity contribution in [2.24, 2.45) is 11.1 Å².